The molecule has 0 aliphatic carbocycles. The van der Waals surface area contributed by atoms with Gasteiger partial charge in [-0.15, -0.1) is 0 Å². The van der Waals surface area contributed by atoms with Gasteiger partial charge in [0, 0.05) is 44.2 Å². The summed E-state index contributed by atoms with van der Waals surface area (Å²) in [6.45, 7) is 0. The fraction of sp³-hybridized carbons (Fsp3) is 0. The van der Waals surface area contributed by atoms with Crippen LogP contribution in [0.2, 0.25) is 0 Å². The summed E-state index contributed by atoms with van der Waals surface area (Å²) in [7, 11) is 0. The Morgan fingerprint density at radius 2 is 1.06 bits per heavy atom. The van der Waals surface area contributed by atoms with Gasteiger partial charge in [-0.1, -0.05) is 140 Å². The number of fused-ring (bicyclic) bond motifs is 6. The van der Waals surface area contributed by atoms with E-state index < -0.39 is 0 Å². The monoisotopic (exact) mass is 652 g/mol. The number of rotatable bonds is 6. The summed E-state index contributed by atoms with van der Waals surface area (Å²) in [5.74, 6) is 0. The molecule has 0 unspecified atom stereocenters. The maximum absolute atomic E-state index is 6.60. The number of aromatic nitrogens is 1. The van der Waals surface area contributed by atoms with Crippen molar-refractivity contribution >= 4 is 60.8 Å². The minimum absolute atomic E-state index is 0.866. The molecule has 3 heteroatoms. The second kappa shape index (κ2) is 11.9. The van der Waals surface area contributed by atoms with Crippen molar-refractivity contribution in [3.8, 4) is 27.9 Å². The zero-order valence-corrected chi connectivity index (χ0v) is 27.8. The van der Waals surface area contributed by atoms with Gasteiger partial charge < -0.3 is 13.9 Å². The quantitative estimate of drug-likeness (QED) is 0.178. The van der Waals surface area contributed by atoms with Gasteiger partial charge in [0.15, 0.2) is 5.58 Å². The minimum Gasteiger partial charge on any atom is -0.454 e. The number of hydrogen-bond acceptors (Lipinski definition) is 2. The lowest BCUT2D eigenvalue weighted by Crippen LogP contribution is -2.10. The van der Waals surface area contributed by atoms with Crippen LogP contribution >= 0.6 is 0 Å². The van der Waals surface area contributed by atoms with Crippen molar-refractivity contribution < 1.29 is 4.42 Å². The van der Waals surface area contributed by atoms with Crippen LogP contribution in [0.3, 0.4) is 0 Å². The Bertz CT molecular complexity index is 2850. The van der Waals surface area contributed by atoms with Crippen LogP contribution in [0.5, 0.6) is 0 Å². The van der Waals surface area contributed by atoms with Crippen molar-refractivity contribution in [2.24, 2.45) is 0 Å². The van der Waals surface area contributed by atoms with Gasteiger partial charge in [-0.3, -0.25) is 0 Å². The lowest BCUT2D eigenvalue weighted by atomic mass is 10.0. The van der Waals surface area contributed by atoms with Crippen molar-refractivity contribution in [1.29, 1.82) is 0 Å². The maximum Gasteiger partial charge on any atom is 0.159 e. The molecule has 51 heavy (non-hydrogen) atoms. The van der Waals surface area contributed by atoms with E-state index >= 15 is 0 Å². The van der Waals surface area contributed by atoms with Crippen molar-refractivity contribution in [1.82, 2.24) is 4.57 Å². The summed E-state index contributed by atoms with van der Waals surface area (Å²) < 4.78 is 9.00. The van der Waals surface area contributed by atoms with E-state index in [1.165, 1.54) is 32.9 Å². The smallest absolute Gasteiger partial charge is 0.159 e. The first-order chi connectivity index (χ1) is 25.3. The molecule has 0 fully saturated rings. The molecule has 0 aliphatic rings. The van der Waals surface area contributed by atoms with E-state index in [1.54, 1.807) is 0 Å². The van der Waals surface area contributed by atoms with Crippen molar-refractivity contribution in [2.45, 2.75) is 0 Å². The molecule has 240 valence electrons. The predicted molar refractivity (Wildman–Crippen MR) is 214 cm³/mol. The highest BCUT2D eigenvalue weighted by Gasteiger charge is 2.21. The number of anilines is 3. The SMILES string of the molecule is c1ccc(-c2cccc(N(c3ccc(-c4cccc5c6ccccc6n(-c6ccccc6)c45)cc3)c3cccc4c3oc3ccccc34)c2)cc1. The fourth-order valence-electron chi connectivity index (χ4n) is 7.68. The molecule has 0 bridgehead atoms. The molecule has 0 spiro atoms. The number of benzene rings is 8. The lowest BCUT2D eigenvalue weighted by Gasteiger charge is -2.26. The second-order valence-corrected chi connectivity index (χ2v) is 12.9. The molecule has 2 heterocycles. The number of hydrogen-bond donors (Lipinski definition) is 0. The predicted octanol–water partition coefficient (Wildman–Crippen LogP) is 13.5. The molecule has 0 amide bonds. The van der Waals surface area contributed by atoms with Crippen molar-refractivity contribution in [3.05, 3.63) is 194 Å². The molecular weight excluding hydrogens is 621 g/mol. The average molecular weight is 653 g/mol. The van der Waals surface area contributed by atoms with Gasteiger partial charge in [-0.05, 0) is 71.3 Å². The van der Waals surface area contributed by atoms with Crippen LogP contribution in [0.25, 0.3) is 71.7 Å². The summed E-state index contributed by atoms with van der Waals surface area (Å²) in [5.41, 5.74) is 13.1. The van der Waals surface area contributed by atoms with Crippen LogP contribution in [0.1, 0.15) is 0 Å². The molecule has 2 aromatic heterocycles. The Labute approximate surface area is 295 Å². The normalized spacial score (nSPS) is 11.5. The first-order valence-corrected chi connectivity index (χ1v) is 17.4. The van der Waals surface area contributed by atoms with E-state index in [0.29, 0.717) is 0 Å². The zero-order valence-electron chi connectivity index (χ0n) is 27.8. The third-order valence-corrected chi connectivity index (χ3v) is 9.98. The molecule has 0 atom stereocenters. The Morgan fingerprint density at radius 1 is 0.412 bits per heavy atom. The minimum atomic E-state index is 0.866. The molecule has 0 aliphatic heterocycles. The highest BCUT2D eigenvalue weighted by Crippen LogP contribution is 2.44. The summed E-state index contributed by atoms with van der Waals surface area (Å²) in [4.78, 5) is 2.32. The molecular formula is C48H32N2O. The van der Waals surface area contributed by atoms with Gasteiger partial charge in [0.05, 0.1) is 16.7 Å². The number of nitrogens with zero attached hydrogens (tertiary/aromatic N) is 2. The molecule has 0 saturated heterocycles. The Kier molecular flexibility index (Phi) is 6.81. The second-order valence-electron chi connectivity index (χ2n) is 12.9. The third-order valence-electron chi connectivity index (χ3n) is 9.98. The van der Waals surface area contributed by atoms with E-state index in [0.717, 1.165) is 55.8 Å². The van der Waals surface area contributed by atoms with Crippen molar-refractivity contribution in [3.63, 3.8) is 0 Å². The summed E-state index contributed by atoms with van der Waals surface area (Å²) >= 11 is 0. The Hall–Kier alpha value is -6.84. The highest BCUT2D eigenvalue weighted by molar-refractivity contribution is 6.14. The van der Waals surface area contributed by atoms with Crippen LogP contribution in [0.15, 0.2) is 199 Å². The summed E-state index contributed by atoms with van der Waals surface area (Å²) in [6.07, 6.45) is 0. The van der Waals surface area contributed by atoms with Gasteiger partial charge in [0.1, 0.15) is 5.58 Å². The van der Waals surface area contributed by atoms with E-state index in [9.17, 15) is 0 Å². The van der Waals surface area contributed by atoms with E-state index in [1.807, 2.05) is 12.1 Å². The summed E-state index contributed by atoms with van der Waals surface area (Å²) in [5, 5.41) is 4.71. The van der Waals surface area contributed by atoms with Gasteiger partial charge in [-0.25, -0.2) is 0 Å². The largest absolute Gasteiger partial charge is 0.454 e. The van der Waals surface area contributed by atoms with Gasteiger partial charge in [-0.2, -0.15) is 0 Å². The van der Waals surface area contributed by atoms with Crippen LogP contribution in [-0.4, -0.2) is 4.57 Å². The van der Waals surface area contributed by atoms with Gasteiger partial charge in [0.25, 0.3) is 0 Å². The number of furan rings is 1. The topological polar surface area (TPSA) is 21.3 Å². The van der Waals surface area contributed by atoms with Crippen LogP contribution in [0, 0.1) is 0 Å². The lowest BCUT2D eigenvalue weighted by molar-refractivity contribution is 0.669. The maximum atomic E-state index is 6.60. The number of para-hydroxylation sites is 5. The van der Waals surface area contributed by atoms with E-state index in [-0.39, 0.29) is 0 Å². The van der Waals surface area contributed by atoms with Crippen LogP contribution in [-0.2, 0) is 0 Å². The zero-order chi connectivity index (χ0) is 33.7. The van der Waals surface area contributed by atoms with Crippen LogP contribution in [0.4, 0.5) is 17.1 Å². The first kappa shape index (κ1) is 29.1. The molecule has 8 aromatic carbocycles. The van der Waals surface area contributed by atoms with Crippen LogP contribution < -0.4 is 4.90 Å². The Morgan fingerprint density at radius 3 is 1.90 bits per heavy atom. The van der Waals surface area contributed by atoms with E-state index in [2.05, 4.69) is 191 Å². The average Bonchev–Trinajstić information content (AvgIpc) is 3.76. The molecule has 10 rings (SSSR count). The molecule has 0 radical (unpaired) electrons. The standard InChI is InChI=1S/C48H32N2O/c1-3-14-33(15-4-1)35-16-11-19-38(32-35)49(45-26-13-24-43-41-21-8-10-27-46(41)51-48(43)45)37-30-28-34(29-31-37)39-22-12-23-42-40-20-7-9-25-44(40)50(47(39)42)36-17-5-2-6-18-36/h1-32H. The van der Waals surface area contributed by atoms with Gasteiger partial charge in [0.2, 0.25) is 0 Å². The van der Waals surface area contributed by atoms with E-state index in [4.69, 9.17) is 4.42 Å². The first-order valence-electron chi connectivity index (χ1n) is 17.4. The molecule has 0 N–H and O–H groups in total. The summed E-state index contributed by atoms with van der Waals surface area (Å²) in [6, 6.07) is 69.0. The molecule has 3 nitrogen and oxygen atoms in total. The molecule has 10 aromatic rings. The fourth-order valence-corrected chi connectivity index (χ4v) is 7.68. The molecule has 0 saturated carbocycles. The highest BCUT2D eigenvalue weighted by atomic mass is 16.3. The Balaban J connectivity index is 1.17. The third kappa shape index (κ3) is 4.82. The van der Waals surface area contributed by atoms with Crippen molar-refractivity contribution in [2.75, 3.05) is 4.90 Å². The van der Waals surface area contributed by atoms with Gasteiger partial charge >= 0.3 is 0 Å².